The van der Waals surface area contributed by atoms with Crippen molar-refractivity contribution in [1.82, 2.24) is 9.88 Å². The number of hydrogen-bond acceptors (Lipinski definition) is 6. The summed E-state index contributed by atoms with van der Waals surface area (Å²) in [4.78, 5) is 6.52. The highest BCUT2D eigenvalue weighted by molar-refractivity contribution is 5.59. The minimum atomic E-state index is -0.444. The second-order valence-electron chi connectivity index (χ2n) is 7.24. The molecule has 2 aromatic carbocycles. The summed E-state index contributed by atoms with van der Waals surface area (Å²) in [5.74, 6) is -0.104. The first-order valence-corrected chi connectivity index (χ1v) is 9.94. The number of aryl methyl sites for hydroxylation is 1. The number of morpholine rings is 1. The Hall–Kier alpha value is -3.21. The summed E-state index contributed by atoms with van der Waals surface area (Å²) in [6, 6.07) is 16.7. The van der Waals surface area contributed by atoms with E-state index in [1.807, 2.05) is 6.07 Å². The van der Waals surface area contributed by atoms with E-state index < -0.39 is 5.82 Å². The minimum Gasteiger partial charge on any atom is -0.419 e. The van der Waals surface area contributed by atoms with E-state index in [2.05, 4.69) is 46.4 Å². The number of anilines is 1. The number of nitrogens with zero attached hydrogens (tertiary/aromatic N) is 3. The lowest BCUT2D eigenvalue weighted by atomic mass is 10.0. The number of oxazole rings is 1. The van der Waals surface area contributed by atoms with Crippen LogP contribution in [0.1, 0.15) is 22.9 Å². The first-order chi connectivity index (χ1) is 14.7. The zero-order valence-electron chi connectivity index (χ0n) is 16.8. The molecule has 3 aromatic rings. The van der Waals surface area contributed by atoms with Gasteiger partial charge in [0.15, 0.2) is 0 Å². The van der Waals surface area contributed by atoms with Crippen LogP contribution in [0.5, 0.6) is 0 Å². The average Bonchev–Trinajstić information content (AvgIpc) is 3.19. The summed E-state index contributed by atoms with van der Waals surface area (Å²) in [5.41, 5.74) is 2.70. The van der Waals surface area contributed by atoms with Crippen LogP contribution in [-0.2, 0) is 4.74 Å². The fourth-order valence-electron chi connectivity index (χ4n) is 3.59. The molecule has 1 fully saturated rings. The lowest BCUT2D eigenvalue weighted by molar-refractivity contribution is 0.0186. The van der Waals surface area contributed by atoms with Crippen molar-refractivity contribution in [1.29, 1.82) is 5.26 Å². The van der Waals surface area contributed by atoms with Crippen molar-refractivity contribution in [3.05, 3.63) is 71.2 Å². The Kier molecular flexibility index (Phi) is 6.07. The van der Waals surface area contributed by atoms with Gasteiger partial charge in [-0.15, -0.1) is 0 Å². The van der Waals surface area contributed by atoms with Crippen molar-refractivity contribution in [3.63, 3.8) is 0 Å². The predicted octanol–water partition coefficient (Wildman–Crippen LogP) is 4.15. The number of nitriles is 1. The van der Waals surface area contributed by atoms with Crippen molar-refractivity contribution in [3.8, 4) is 17.5 Å². The molecule has 1 aromatic heterocycles. The highest BCUT2D eigenvalue weighted by Gasteiger charge is 2.24. The van der Waals surface area contributed by atoms with E-state index in [4.69, 9.17) is 9.15 Å². The molecule has 4 rings (SSSR count). The first-order valence-electron chi connectivity index (χ1n) is 9.94. The molecule has 30 heavy (non-hydrogen) atoms. The Balaban J connectivity index is 1.58. The van der Waals surface area contributed by atoms with Crippen molar-refractivity contribution in [2.45, 2.75) is 13.0 Å². The van der Waals surface area contributed by atoms with E-state index >= 15 is 0 Å². The molecule has 0 bridgehead atoms. The molecular formula is C23H23FN4O2. The maximum Gasteiger partial charge on any atom is 0.233 e. The average molecular weight is 406 g/mol. The number of nitrogens with one attached hydrogen (secondary N) is 1. The molecule has 0 unspecified atom stereocenters. The van der Waals surface area contributed by atoms with E-state index in [0.29, 0.717) is 19.8 Å². The number of ether oxygens (including phenoxy) is 1. The molecule has 1 aliphatic rings. The summed E-state index contributed by atoms with van der Waals surface area (Å²) in [5, 5.41) is 12.7. The maximum atomic E-state index is 14.1. The Morgan fingerprint density at radius 2 is 1.90 bits per heavy atom. The van der Waals surface area contributed by atoms with Gasteiger partial charge in [0.25, 0.3) is 0 Å². The van der Waals surface area contributed by atoms with Crippen molar-refractivity contribution in [2.24, 2.45) is 0 Å². The SMILES string of the molecule is Cc1ccc([C@H](CNc2oc(-c3ccccc3F)nc2C#N)N2CCOCC2)cc1. The van der Waals surface area contributed by atoms with Crippen LogP contribution in [0.4, 0.5) is 10.3 Å². The molecule has 0 spiro atoms. The van der Waals surface area contributed by atoms with Crippen LogP contribution in [0.3, 0.4) is 0 Å². The number of hydrogen-bond donors (Lipinski definition) is 1. The molecule has 0 amide bonds. The largest absolute Gasteiger partial charge is 0.419 e. The van der Waals surface area contributed by atoms with Gasteiger partial charge in [0.05, 0.1) is 24.8 Å². The van der Waals surface area contributed by atoms with Crippen molar-refractivity contribution < 1.29 is 13.5 Å². The Morgan fingerprint density at radius 3 is 2.60 bits per heavy atom. The van der Waals surface area contributed by atoms with Gasteiger partial charge < -0.3 is 14.5 Å². The molecule has 1 aliphatic heterocycles. The van der Waals surface area contributed by atoms with Gasteiger partial charge in [-0.1, -0.05) is 42.0 Å². The van der Waals surface area contributed by atoms with Crippen LogP contribution in [0.2, 0.25) is 0 Å². The van der Waals surface area contributed by atoms with Gasteiger partial charge in [-0.05, 0) is 24.6 Å². The quantitative estimate of drug-likeness (QED) is 0.663. The van der Waals surface area contributed by atoms with Crippen molar-refractivity contribution >= 4 is 5.88 Å². The molecule has 2 heterocycles. The molecule has 7 heteroatoms. The highest BCUT2D eigenvalue weighted by Crippen LogP contribution is 2.29. The van der Waals surface area contributed by atoms with Crippen LogP contribution >= 0.6 is 0 Å². The second-order valence-corrected chi connectivity index (χ2v) is 7.24. The van der Waals surface area contributed by atoms with E-state index in [1.165, 1.54) is 17.2 Å². The lowest BCUT2D eigenvalue weighted by Crippen LogP contribution is -2.41. The van der Waals surface area contributed by atoms with Crippen LogP contribution in [-0.4, -0.2) is 42.7 Å². The third-order valence-electron chi connectivity index (χ3n) is 5.24. The third kappa shape index (κ3) is 4.35. The number of rotatable bonds is 6. The zero-order chi connectivity index (χ0) is 20.9. The minimum absolute atomic E-state index is 0.0723. The van der Waals surface area contributed by atoms with Crippen molar-refractivity contribution in [2.75, 3.05) is 38.2 Å². The standard InChI is InChI=1S/C23H23FN4O2/c1-16-6-8-17(9-7-16)21(28-10-12-29-13-11-28)15-26-23-20(14-25)27-22(30-23)18-4-2-3-5-19(18)24/h2-9,21,26H,10-13,15H2,1H3/t21-/m0/s1. The van der Waals surface area contributed by atoms with E-state index in [-0.39, 0.29) is 29.1 Å². The Labute approximate surface area is 174 Å². The summed E-state index contributed by atoms with van der Waals surface area (Å²) in [6.07, 6.45) is 0. The monoisotopic (exact) mass is 406 g/mol. The smallest absolute Gasteiger partial charge is 0.233 e. The predicted molar refractivity (Wildman–Crippen MR) is 111 cm³/mol. The number of benzene rings is 2. The number of halogens is 1. The second kappa shape index (κ2) is 9.08. The molecule has 154 valence electrons. The number of aromatic nitrogens is 1. The van der Waals surface area contributed by atoms with Gasteiger partial charge in [-0.2, -0.15) is 10.2 Å². The van der Waals surface area contributed by atoms with Gasteiger partial charge in [0.2, 0.25) is 17.5 Å². The molecule has 1 saturated heterocycles. The Morgan fingerprint density at radius 1 is 1.17 bits per heavy atom. The maximum absolute atomic E-state index is 14.1. The molecule has 0 aliphatic carbocycles. The fourth-order valence-corrected chi connectivity index (χ4v) is 3.59. The molecule has 0 radical (unpaired) electrons. The summed E-state index contributed by atoms with van der Waals surface area (Å²) >= 11 is 0. The molecule has 6 nitrogen and oxygen atoms in total. The normalized spacial score (nSPS) is 15.5. The summed E-state index contributed by atoms with van der Waals surface area (Å²) < 4.78 is 25.3. The van der Waals surface area contributed by atoms with Crippen LogP contribution in [0.15, 0.2) is 52.9 Å². The molecule has 1 N–H and O–H groups in total. The van der Waals surface area contributed by atoms with Gasteiger partial charge in [0, 0.05) is 19.6 Å². The molecule has 0 saturated carbocycles. The van der Waals surface area contributed by atoms with Crippen LogP contribution in [0.25, 0.3) is 11.5 Å². The van der Waals surface area contributed by atoms with Crippen LogP contribution in [0, 0.1) is 24.1 Å². The van der Waals surface area contributed by atoms with E-state index in [0.717, 1.165) is 13.1 Å². The first kappa shape index (κ1) is 20.1. The third-order valence-corrected chi connectivity index (χ3v) is 5.24. The summed E-state index contributed by atoms with van der Waals surface area (Å²) in [6.45, 7) is 5.59. The van der Waals surface area contributed by atoms with Gasteiger partial charge in [-0.25, -0.2) is 4.39 Å². The summed E-state index contributed by atoms with van der Waals surface area (Å²) in [7, 11) is 0. The topological polar surface area (TPSA) is 74.3 Å². The van der Waals surface area contributed by atoms with Gasteiger partial charge in [-0.3, -0.25) is 4.90 Å². The van der Waals surface area contributed by atoms with Crippen LogP contribution < -0.4 is 5.32 Å². The Bertz CT molecular complexity index is 1040. The van der Waals surface area contributed by atoms with Gasteiger partial charge in [0.1, 0.15) is 11.9 Å². The highest BCUT2D eigenvalue weighted by atomic mass is 19.1. The lowest BCUT2D eigenvalue weighted by Gasteiger charge is -2.35. The van der Waals surface area contributed by atoms with E-state index in [1.54, 1.807) is 18.2 Å². The zero-order valence-corrected chi connectivity index (χ0v) is 16.8. The molecule has 1 atom stereocenters. The molecular weight excluding hydrogens is 383 g/mol. The van der Waals surface area contributed by atoms with Gasteiger partial charge >= 0.3 is 0 Å². The van der Waals surface area contributed by atoms with E-state index in [9.17, 15) is 9.65 Å². The fraction of sp³-hybridized carbons (Fsp3) is 0.304.